The van der Waals surface area contributed by atoms with E-state index in [0.717, 1.165) is 38.8 Å². The minimum Gasteiger partial charge on any atom is -0.329 e. The van der Waals surface area contributed by atoms with E-state index in [-0.39, 0.29) is 11.3 Å². The van der Waals surface area contributed by atoms with Gasteiger partial charge in [0.1, 0.15) is 0 Å². The van der Waals surface area contributed by atoms with Crippen molar-refractivity contribution in [1.82, 2.24) is 4.90 Å². The van der Waals surface area contributed by atoms with Crippen LogP contribution in [-0.2, 0) is 22.7 Å². The van der Waals surface area contributed by atoms with Gasteiger partial charge in [-0.1, -0.05) is 24.3 Å². The fourth-order valence-electron chi connectivity index (χ4n) is 3.86. The van der Waals surface area contributed by atoms with Gasteiger partial charge in [0, 0.05) is 25.2 Å². The predicted molar refractivity (Wildman–Crippen MR) is 85.1 cm³/mol. The summed E-state index contributed by atoms with van der Waals surface area (Å²) in [5.41, 5.74) is 8.48. The van der Waals surface area contributed by atoms with Gasteiger partial charge in [0.05, 0.1) is 11.5 Å². The molecule has 116 valence electrons. The molecule has 1 saturated heterocycles. The SMILES string of the molecule is NCC1(N2CCc3ccccc3CC2)CCCS(=O)(=O)C1. The van der Waals surface area contributed by atoms with E-state index in [0.29, 0.717) is 12.3 Å². The Balaban J connectivity index is 1.83. The maximum atomic E-state index is 12.1. The summed E-state index contributed by atoms with van der Waals surface area (Å²) in [7, 11) is -2.95. The van der Waals surface area contributed by atoms with E-state index >= 15 is 0 Å². The molecular formula is C16H24N2O2S. The molecule has 1 aromatic rings. The van der Waals surface area contributed by atoms with Crippen molar-refractivity contribution in [2.24, 2.45) is 5.73 Å². The highest BCUT2D eigenvalue weighted by atomic mass is 32.2. The first kappa shape index (κ1) is 15.0. The molecule has 2 aliphatic heterocycles. The van der Waals surface area contributed by atoms with E-state index in [1.807, 2.05) is 0 Å². The molecule has 1 unspecified atom stereocenters. The number of hydrogen-bond acceptors (Lipinski definition) is 4. The number of sulfone groups is 1. The number of hydrogen-bond donors (Lipinski definition) is 1. The second-order valence-electron chi connectivity index (χ2n) is 6.38. The summed E-state index contributed by atoms with van der Waals surface area (Å²) in [6.07, 6.45) is 3.61. The predicted octanol–water partition coefficient (Wildman–Crippen LogP) is 0.993. The van der Waals surface area contributed by atoms with Crippen molar-refractivity contribution >= 4 is 9.84 Å². The van der Waals surface area contributed by atoms with E-state index in [4.69, 9.17) is 5.73 Å². The molecule has 2 N–H and O–H groups in total. The number of nitrogens with two attached hydrogens (primary N) is 1. The molecular weight excluding hydrogens is 284 g/mol. The van der Waals surface area contributed by atoms with Crippen molar-refractivity contribution in [2.45, 2.75) is 31.2 Å². The van der Waals surface area contributed by atoms with Crippen LogP contribution in [-0.4, -0.2) is 50.0 Å². The second-order valence-corrected chi connectivity index (χ2v) is 8.56. The normalized spacial score (nSPS) is 29.6. The van der Waals surface area contributed by atoms with Gasteiger partial charge in [0.25, 0.3) is 0 Å². The van der Waals surface area contributed by atoms with E-state index in [9.17, 15) is 8.42 Å². The summed E-state index contributed by atoms with van der Waals surface area (Å²) in [6.45, 7) is 2.25. The lowest BCUT2D eigenvalue weighted by atomic mass is 9.92. The van der Waals surface area contributed by atoms with Crippen molar-refractivity contribution < 1.29 is 8.42 Å². The molecule has 0 radical (unpaired) electrons. The fourth-order valence-corrected chi connectivity index (χ4v) is 5.85. The van der Waals surface area contributed by atoms with E-state index in [2.05, 4.69) is 29.2 Å². The van der Waals surface area contributed by atoms with Crippen molar-refractivity contribution in [1.29, 1.82) is 0 Å². The van der Waals surface area contributed by atoms with E-state index < -0.39 is 9.84 Å². The summed E-state index contributed by atoms with van der Waals surface area (Å²) in [5, 5.41) is 0. The van der Waals surface area contributed by atoms with Gasteiger partial charge in [-0.05, 0) is 36.8 Å². The molecule has 0 aromatic heterocycles. The number of nitrogens with zero attached hydrogens (tertiary/aromatic N) is 1. The maximum Gasteiger partial charge on any atom is 0.152 e. The third-order valence-electron chi connectivity index (χ3n) is 5.06. The van der Waals surface area contributed by atoms with Crippen molar-refractivity contribution in [3.05, 3.63) is 35.4 Å². The Hall–Kier alpha value is -0.910. The summed E-state index contributed by atoms with van der Waals surface area (Å²) >= 11 is 0. The molecule has 3 rings (SSSR count). The Labute approximate surface area is 127 Å². The Morgan fingerprint density at radius 3 is 2.29 bits per heavy atom. The van der Waals surface area contributed by atoms with Gasteiger partial charge < -0.3 is 5.73 Å². The van der Waals surface area contributed by atoms with Gasteiger partial charge in [0.2, 0.25) is 0 Å². The van der Waals surface area contributed by atoms with Crippen LogP contribution in [0.2, 0.25) is 0 Å². The zero-order valence-corrected chi connectivity index (χ0v) is 13.2. The molecule has 5 heteroatoms. The lowest BCUT2D eigenvalue weighted by Crippen LogP contribution is -2.60. The fraction of sp³-hybridized carbons (Fsp3) is 0.625. The van der Waals surface area contributed by atoms with Crippen LogP contribution in [0.4, 0.5) is 0 Å². The molecule has 4 nitrogen and oxygen atoms in total. The Morgan fingerprint density at radius 2 is 1.76 bits per heavy atom. The molecule has 0 bridgehead atoms. The van der Waals surface area contributed by atoms with Crippen molar-refractivity contribution in [3.8, 4) is 0 Å². The average molecular weight is 308 g/mol. The van der Waals surface area contributed by atoms with Crippen LogP contribution in [0.1, 0.15) is 24.0 Å². The molecule has 0 aliphatic carbocycles. The molecule has 2 aliphatic rings. The van der Waals surface area contributed by atoms with Crippen molar-refractivity contribution in [3.63, 3.8) is 0 Å². The highest BCUT2D eigenvalue weighted by Gasteiger charge is 2.42. The third kappa shape index (κ3) is 3.00. The summed E-state index contributed by atoms with van der Waals surface area (Å²) in [4.78, 5) is 2.35. The minimum atomic E-state index is -2.95. The Kier molecular flexibility index (Phi) is 4.08. The van der Waals surface area contributed by atoms with E-state index in [1.165, 1.54) is 11.1 Å². The van der Waals surface area contributed by atoms with Gasteiger partial charge in [-0.25, -0.2) is 8.42 Å². The van der Waals surface area contributed by atoms with Crippen LogP contribution in [0, 0.1) is 0 Å². The largest absolute Gasteiger partial charge is 0.329 e. The van der Waals surface area contributed by atoms with Crippen LogP contribution in [0.3, 0.4) is 0 Å². The Morgan fingerprint density at radius 1 is 1.14 bits per heavy atom. The first-order valence-electron chi connectivity index (χ1n) is 7.77. The number of fused-ring (bicyclic) bond motifs is 1. The topological polar surface area (TPSA) is 63.4 Å². The molecule has 2 heterocycles. The van der Waals surface area contributed by atoms with Crippen molar-refractivity contribution in [2.75, 3.05) is 31.1 Å². The standard InChI is InChI=1S/C16H24N2O2S/c17-12-16(8-3-11-21(19,20)13-16)18-9-6-14-4-1-2-5-15(14)7-10-18/h1-2,4-5H,3,6-13,17H2. The van der Waals surface area contributed by atoms with Crippen LogP contribution >= 0.6 is 0 Å². The summed E-state index contributed by atoms with van der Waals surface area (Å²) in [6, 6.07) is 8.54. The average Bonchev–Trinajstić information content (AvgIpc) is 2.69. The van der Waals surface area contributed by atoms with Gasteiger partial charge >= 0.3 is 0 Å². The first-order chi connectivity index (χ1) is 10.0. The summed E-state index contributed by atoms with van der Waals surface area (Å²) < 4.78 is 24.2. The quantitative estimate of drug-likeness (QED) is 0.885. The highest BCUT2D eigenvalue weighted by molar-refractivity contribution is 7.91. The molecule has 1 fully saturated rings. The first-order valence-corrected chi connectivity index (χ1v) is 9.59. The van der Waals surface area contributed by atoms with Gasteiger partial charge in [-0.15, -0.1) is 0 Å². The molecule has 1 atom stereocenters. The molecule has 21 heavy (non-hydrogen) atoms. The summed E-state index contributed by atoms with van der Waals surface area (Å²) in [5.74, 6) is 0.551. The van der Waals surface area contributed by atoms with Crippen LogP contribution < -0.4 is 5.73 Å². The molecule has 1 aromatic carbocycles. The molecule has 0 amide bonds. The maximum absolute atomic E-state index is 12.1. The van der Waals surface area contributed by atoms with Crippen LogP contribution in [0.25, 0.3) is 0 Å². The lowest BCUT2D eigenvalue weighted by Gasteiger charge is -2.45. The minimum absolute atomic E-state index is 0.229. The third-order valence-corrected chi connectivity index (χ3v) is 6.95. The Bertz CT molecular complexity index is 587. The zero-order valence-electron chi connectivity index (χ0n) is 12.4. The van der Waals surface area contributed by atoms with Gasteiger partial charge in [-0.3, -0.25) is 4.90 Å². The smallest absolute Gasteiger partial charge is 0.152 e. The zero-order chi connectivity index (χ0) is 14.9. The van der Waals surface area contributed by atoms with Crippen LogP contribution in [0.5, 0.6) is 0 Å². The van der Waals surface area contributed by atoms with Gasteiger partial charge in [-0.2, -0.15) is 0 Å². The van der Waals surface area contributed by atoms with E-state index in [1.54, 1.807) is 0 Å². The second kappa shape index (κ2) is 5.71. The number of benzene rings is 1. The van der Waals surface area contributed by atoms with Crippen LogP contribution in [0.15, 0.2) is 24.3 Å². The monoisotopic (exact) mass is 308 g/mol. The molecule has 0 spiro atoms. The van der Waals surface area contributed by atoms with Gasteiger partial charge in [0.15, 0.2) is 9.84 Å². The lowest BCUT2D eigenvalue weighted by molar-refractivity contribution is 0.105. The highest BCUT2D eigenvalue weighted by Crippen LogP contribution is 2.30. The number of rotatable bonds is 2. The molecule has 0 saturated carbocycles.